The number of carbonyl (C=O) groups excluding carboxylic acids is 2. The van der Waals surface area contributed by atoms with Crippen LogP contribution in [0, 0.1) is 6.92 Å². The van der Waals surface area contributed by atoms with Crippen molar-refractivity contribution in [2.45, 2.75) is 26.4 Å². The van der Waals surface area contributed by atoms with Crippen LogP contribution in [0.5, 0.6) is 11.5 Å². The Labute approximate surface area is 217 Å². The molecule has 0 bridgehead atoms. The summed E-state index contributed by atoms with van der Waals surface area (Å²) in [5, 5.41) is 11.4. The van der Waals surface area contributed by atoms with Crippen molar-refractivity contribution in [3.63, 3.8) is 0 Å². The molecule has 3 aromatic rings. The number of hydrogen-bond donors (Lipinski definition) is 1. The van der Waals surface area contributed by atoms with Gasteiger partial charge >= 0.3 is 0 Å². The van der Waals surface area contributed by atoms with Crippen LogP contribution in [0.15, 0.2) is 72.3 Å². The summed E-state index contributed by atoms with van der Waals surface area (Å²) in [5.74, 6) is -0.223. The average molecular weight is 501 g/mol. The van der Waals surface area contributed by atoms with Gasteiger partial charge in [-0.15, -0.1) is 0 Å². The first-order valence-corrected chi connectivity index (χ1v) is 12.2. The molecule has 0 aromatic heterocycles. The summed E-state index contributed by atoms with van der Waals surface area (Å²) in [5.41, 5.74) is 3.86. The molecule has 1 N–H and O–H groups in total. The van der Waals surface area contributed by atoms with E-state index in [2.05, 4.69) is 0 Å². The van der Waals surface area contributed by atoms with Crippen molar-refractivity contribution in [3.8, 4) is 11.5 Å². The van der Waals surface area contributed by atoms with Crippen molar-refractivity contribution < 1.29 is 24.2 Å². The highest BCUT2D eigenvalue weighted by atomic mass is 16.5. The molecule has 0 saturated carbocycles. The summed E-state index contributed by atoms with van der Waals surface area (Å²) in [7, 11) is 5.46. The third kappa shape index (κ3) is 5.16. The summed E-state index contributed by atoms with van der Waals surface area (Å²) in [4.78, 5) is 30.2. The Balaban J connectivity index is 1.83. The van der Waals surface area contributed by atoms with Gasteiger partial charge in [-0.05, 0) is 73.0 Å². The molecule has 1 aliphatic heterocycles. The molecule has 0 aliphatic carbocycles. The number of nitrogens with zero attached hydrogens (tertiary/aromatic N) is 2. The van der Waals surface area contributed by atoms with Crippen molar-refractivity contribution in [1.82, 2.24) is 4.90 Å². The second kappa shape index (κ2) is 10.8. The van der Waals surface area contributed by atoms with Crippen molar-refractivity contribution >= 4 is 23.1 Å². The van der Waals surface area contributed by atoms with Gasteiger partial charge in [0.15, 0.2) is 0 Å². The molecular formula is C30H32N2O5. The van der Waals surface area contributed by atoms with Gasteiger partial charge in [-0.1, -0.05) is 24.3 Å². The van der Waals surface area contributed by atoms with Gasteiger partial charge in [0.1, 0.15) is 17.3 Å². The number of aliphatic hydroxyl groups excluding tert-OH is 1. The number of methoxy groups -OCH3 is 1. The number of rotatable bonds is 8. The zero-order valence-electron chi connectivity index (χ0n) is 21.8. The minimum absolute atomic E-state index is 0.0631. The van der Waals surface area contributed by atoms with Gasteiger partial charge < -0.3 is 24.4 Å². The Kier molecular flexibility index (Phi) is 7.53. The topological polar surface area (TPSA) is 79.3 Å². The number of ketones is 1. The van der Waals surface area contributed by atoms with Crippen molar-refractivity contribution in [1.29, 1.82) is 0 Å². The SMILES string of the molecule is CCOc1cccc(CN2C(=O)C(=O)/C(=C(\O)c3ccc(OC)c(C)c3)C2c2ccc(N(C)C)cc2)c1. The summed E-state index contributed by atoms with van der Waals surface area (Å²) >= 11 is 0. The molecule has 37 heavy (non-hydrogen) atoms. The van der Waals surface area contributed by atoms with Gasteiger partial charge in [0, 0.05) is 31.9 Å². The molecule has 1 unspecified atom stereocenters. The standard InChI is InChI=1S/C30H32N2O5/c1-6-37-24-9-7-8-20(17-24)18-32-27(21-10-13-23(14-11-21)31(3)4)26(29(34)30(32)35)28(33)22-12-15-25(36-5)19(2)16-22/h7-17,27,33H,6,18H2,1-5H3/b28-26-. The predicted octanol–water partition coefficient (Wildman–Crippen LogP) is 5.09. The van der Waals surface area contributed by atoms with E-state index in [0.29, 0.717) is 23.7 Å². The normalized spacial score (nSPS) is 16.7. The van der Waals surface area contributed by atoms with E-state index in [0.717, 1.165) is 22.4 Å². The predicted molar refractivity (Wildman–Crippen MR) is 144 cm³/mol. The van der Waals surface area contributed by atoms with E-state index in [1.807, 2.05) is 81.4 Å². The van der Waals surface area contributed by atoms with Gasteiger partial charge in [-0.3, -0.25) is 9.59 Å². The van der Waals surface area contributed by atoms with Gasteiger partial charge in [-0.25, -0.2) is 0 Å². The Morgan fingerprint density at radius 1 is 1.03 bits per heavy atom. The van der Waals surface area contributed by atoms with Crippen molar-refractivity contribution in [3.05, 3.63) is 94.6 Å². The number of Topliss-reactive ketones (excluding diaryl/α,β-unsaturated/α-hetero) is 1. The molecule has 7 heteroatoms. The number of aryl methyl sites for hydroxylation is 1. The molecule has 1 saturated heterocycles. The fourth-order valence-electron chi connectivity index (χ4n) is 4.62. The maximum Gasteiger partial charge on any atom is 0.295 e. The Hall–Kier alpha value is -4.26. The number of anilines is 1. The lowest BCUT2D eigenvalue weighted by atomic mass is 9.94. The smallest absolute Gasteiger partial charge is 0.295 e. The monoisotopic (exact) mass is 500 g/mol. The fourth-order valence-corrected chi connectivity index (χ4v) is 4.62. The lowest BCUT2D eigenvalue weighted by molar-refractivity contribution is -0.140. The summed E-state index contributed by atoms with van der Waals surface area (Å²) in [6.45, 7) is 4.47. The number of ether oxygens (including phenoxy) is 2. The number of carbonyl (C=O) groups is 2. The summed E-state index contributed by atoms with van der Waals surface area (Å²) < 4.78 is 11.0. The first kappa shape index (κ1) is 25.8. The Bertz CT molecular complexity index is 1340. The summed E-state index contributed by atoms with van der Waals surface area (Å²) in [6.07, 6.45) is 0. The molecule has 1 atom stereocenters. The van der Waals surface area contributed by atoms with E-state index in [1.54, 1.807) is 25.3 Å². The average Bonchev–Trinajstić information content (AvgIpc) is 3.13. The van der Waals surface area contributed by atoms with Gasteiger partial charge in [0.2, 0.25) is 0 Å². The van der Waals surface area contributed by atoms with Crippen molar-refractivity contribution in [2.24, 2.45) is 0 Å². The molecule has 0 spiro atoms. The number of aliphatic hydroxyl groups is 1. The molecule has 4 rings (SSSR count). The highest BCUT2D eigenvalue weighted by molar-refractivity contribution is 6.46. The van der Waals surface area contributed by atoms with Crippen molar-refractivity contribution in [2.75, 3.05) is 32.7 Å². The maximum atomic E-state index is 13.4. The number of amides is 1. The number of likely N-dealkylation sites (tertiary alicyclic amines) is 1. The van der Waals surface area contributed by atoms with Crippen LogP contribution in [0.2, 0.25) is 0 Å². The zero-order chi connectivity index (χ0) is 26.7. The molecular weight excluding hydrogens is 468 g/mol. The van der Waals surface area contributed by atoms with Gasteiger partial charge in [0.25, 0.3) is 11.7 Å². The third-order valence-electron chi connectivity index (χ3n) is 6.50. The molecule has 1 heterocycles. The highest BCUT2D eigenvalue weighted by Crippen LogP contribution is 2.41. The zero-order valence-corrected chi connectivity index (χ0v) is 21.8. The molecule has 3 aromatic carbocycles. The van der Waals surface area contributed by atoms with Crippen LogP contribution in [-0.4, -0.2) is 49.5 Å². The van der Waals surface area contributed by atoms with E-state index in [4.69, 9.17) is 9.47 Å². The number of benzene rings is 3. The van der Waals surface area contributed by atoms with E-state index in [1.165, 1.54) is 4.90 Å². The van der Waals surface area contributed by atoms with Crippen LogP contribution < -0.4 is 14.4 Å². The van der Waals surface area contributed by atoms with Crippen LogP contribution in [0.1, 0.15) is 35.2 Å². The second-order valence-corrected chi connectivity index (χ2v) is 9.18. The number of hydrogen-bond acceptors (Lipinski definition) is 6. The second-order valence-electron chi connectivity index (χ2n) is 9.18. The largest absolute Gasteiger partial charge is 0.507 e. The van der Waals surface area contributed by atoms with Crippen LogP contribution >= 0.6 is 0 Å². The van der Waals surface area contributed by atoms with Crippen LogP contribution in [-0.2, 0) is 16.1 Å². The Morgan fingerprint density at radius 2 is 1.76 bits per heavy atom. The van der Waals surface area contributed by atoms with Crippen LogP contribution in [0.3, 0.4) is 0 Å². The van der Waals surface area contributed by atoms with E-state index < -0.39 is 17.7 Å². The van der Waals surface area contributed by atoms with E-state index in [9.17, 15) is 14.7 Å². The van der Waals surface area contributed by atoms with Crippen LogP contribution in [0.25, 0.3) is 5.76 Å². The lowest BCUT2D eigenvalue weighted by Crippen LogP contribution is -2.29. The maximum absolute atomic E-state index is 13.4. The minimum Gasteiger partial charge on any atom is -0.507 e. The molecule has 0 radical (unpaired) electrons. The fraction of sp³-hybridized carbons (Fsp3) is 0.267. The first-order chi connectivity index (χ1) is 17.7. The molecule has 1 amide bonds. The Morgan fingerprint density at radius 3 is 2.38 bits per heavy atom. The molecule has 7 nitrogen and oxygen atoms in total. The van der Waals surface area contributed by atoms with Crippen LogP contribution in [0.4, 0.5) is 5.69 Å². The third-order valence-corrected chi connectivity index (χ3v) is 6.50. The van der Waals surface area contributed by atoms with Gasteiger partial charge in [0.05, 0.1) is 25.3 Å². The van der Waals surface area contributed by atoms with Gasteiger partial charge in [-0.2, -0.15) is 0 Å². The van der Waals surface area contributed by atoms with E-state index in [-0.39, 0.29) is 17.9 Å². The first-order valence-electron chi connectivity index (χ1n) is 12.2. The highest BCUT2D eigenvalue weighted by Gasteiger charge is 2.46. The molecule has 1 fully saturated rings. The quantitative estimate of drug-likeness (QED) is 0.264. The minimum atomic E-state index is -0.755. The molecule has 1 aliphatic rings. The summed E-state index contributed by atoms with van der Waals surface area (Å²) in [6, 6.07) is 19.5. The molecule has 192 valence electrons. The van der Waals surface area contributed by atoms with E-state index >= 15 is 0 Å². The lowest BCUT2D eigenvalue weighted by Gasteiger charge is -2.26.